The third-order valence-electron chi connectivity index (χ3n) is 4.46. The van der Waals surface area contributed by atoms with Crippen LogP contribution in [0.3, 0.4) is 0 Å². The molecule has 0 bridgehead atoms. The minimum atomic E-state index is -1.36. The van der Waals surface area contributed by atoms with E-state index in [2.05, 4.69) is 20.9 Å². The molecule has 0 aliphatic rings. The summed E-state index contributed by atoms with van der Waals surface area (Å²) in [4.78, 5) is 51.9. The fourth-order valence-electron chi connectivity index (χ4n) is 2.67. The molecule has 0 saturated carbocycles. The lowest BCUT2D eigenvalue weighted by Crippen LogP contribution is -2.57. The predicted octanol–water partition coefficient (Wildman–Crippen LogP) is -1.10. The fourth-order valence-corrected chi connectivity index (χ4v) is 2.67. The Hall–Kier alpha value is -3.67. The van der Waals surface area contributed by atoms with Crippen LogP contribution in [0.25, 0.3) is 0 Å². The van der Waals surface area contributed by atoms with E-state index in [0.29, 0.717) is 25.7 Å². The molecule has 0 aromatic heterocycles. The number of nitrogens with two attached hydrogens (primary N) is 2. The first kappa shape index (κ1) is 27.4. The van der Waals surface area contributed by atoms with Crippen molar-refractivity contribution in [2.75, 3.05) is 6.54 Å². The minimum Gasteiger partial charge on any atom is -0.445 e. The number of nitrogens with one attached hydrogen (secondary N) is 3. The highest BCUT2D eigenvalue weighted by Gasteiger charge is 2.29. The number of carbonyl (C=O) groups is 4. The standard InChI is InChI=1S/C21H32N6O6/c1-13(18(30)26-16(11-28)9-6-10-24-20(22)23)25-19(31)17(14(2)29)27-21(32)33-12-15-7-4-3-5-8-15/h3-5,7-8,11,13-14,16-17,29H,6,9-10,12H2,1-2H3,(H,25,31)(H,26,30)(H,27,32)(H4,22,23,24)/t13-,14+,16-,17-/m0/s1. The van der Waals surface area contributed by atoms with Gasteiger partial charge in [-0.25, -0.2) is 4.79 Å². The van der Waals surface area contributed by atoms with Crippen LogP contribution in [-0.2, 0) is 25.7 Å². The Morgan fingerprint density at radius 2 is 1.76 bits per heavy atom. The monoisotopic (exact) mass is 464 g/mol. The van der Waals surface area contributed by atoms with Crippen molar-refractivity contribution in [3.63, 3.8) is 0 Å². The molecule has 0 unspecified atom stereocenters. The van der Waals surface area contributed by atoms with Crippen molar-refractivity contribution in [1.82, 2.24) is 16.0 Å². The van der Waals surface area contributed by atoms with E-state index < -0.39 is 42.1 Å². The van der Waals surface area contributed by atoms with Gasteiger partial charge in [-0.3, -0.25) is 14.6 Å². The summed E-state index contributed by atoms with van der Waals surface area (Å²) < 4.78 is 5.06. The van der Waals surface area contributed by atoms with Gasteiger partial charge in [-0.15, -0.1) is 0 Å². The number of amides is 3. The van der Waals surface area contributed by atoms with Gasteiger partial charge in [0.2, 0.25) is 11.8 Å². The van der Waals surface area contributed by atoms with Gasteiger partial charge in [-0.1, -0.05) is 30.3 Å². The Labute approximate surface area is 192 Å². The van der Waals surface area contributed by atoms with Gasteiger partial charge in [0.1, 0.15) is 25.0 Å². The SMILES string of the molecule is C[C@H](NC(=O)[C@@H](NC(=O)OCc1ccccc1)[C@@H](C)O)C(=O)N[C@H](C=O)CCCN=C(N)N. The molecule has 1 aromatic rings. The molecule has 1 rings (SSSR count). The van der Waals surface area contributed by atoms with Crippen molar-refractivity contribution in [2.24, 2.45) is 16.5 Å². The van der Waals surface area contributed by atoms with Crippen LogP contribution in [0, 0.1) is 0 Å². The molecule has 12 nitrogen and oxygen atoms in total. The summed E-state index contributed by atoms with van der Waals surface area (Å²) in [7, 11) is 0. The average Bonchev–Trinajstić information content (AvgIpc) is 2.78. The number of benzene rings is 1. The van der Waals surface area contributed by atoms with Gasteiger partial charge in [0.15, 0.2) is 5.96 Å². The van der Waals surface area contributed by atoms with E-state index in [9.17, 15) is 24.3 Å². The second-order valence-corrected chi connectivity index (χ2v) is 7.35. The number of nitrogens with zero attached hydrogens (tertiary/aromatic N) is 1. The van der Waals surface area contributed by atoms with Crippen molar-refractivity contribution in [1.29, 1.82) is 0 Å². The number of guanidine groups is 1. The van der Waals surface area contributed by atoms with Crippen molar-refractivity contribution < 1.29 is 29.0 Å². The lowest BCUT2D eigenvalue weighted by atomic mass is 10.1. The van der Waals surface area contributed by atoms with Crippen LogP contribution in [0.4, 0.5) is 4.79 Å². The zero-order valence-corrected chi connectivity index (χ0v) is 18.7. The first-order chi connectivity index (χ1) is 15.6. The molecule has 12 heteroatoms. The molecule has 0 radical (unpaired) electrons. The van der Waals surface area contributed by atoms with Gasteiger partial charge in [-0.2, -0.15) is 0 Å². The summed E-state index contributed by atoms with van der Waals surface area (Å²) in [5.41, 5.74) is 11.2. The Balaban J connectivity index is 2.55. The van der Waals surface area contributed by atoms with Crippen LogP contribution in [0.15, 0.2) is 35.3 Å². The molecule has 0 saturated heterocycles. The molecule has 8 N–H and O–H groups in total. The van der Waals surface area contributed by atoms with Crippen molar-refractivity contribution in [2.45, 2.75) is 57.5 Å². The second-order valence-electron chi connectivity index (χ2n) is 7.35. The van der Waals surface area contributed by atoms with Gasteiger partial charge < -0.3 is 42.1 Å². The van der Waals surface area contributed by atoms with Crippen molar-refractivity contribution in [3.8, 4) is 0 Å². The van der Waals surface area contributed by atoms with E-state index >= 15 is 0 Å². The molecule has 182 valence electrons. The topological polar surface area (TPSA) is 198 Å². The zero-order valence-electron chi connectivity index (χ0n) is 18.7. The maximum absolute atomic E-state index is 12.5. The van der Waals surface area contributed by atoms with E-state index in [1.165, 1.54) is 13.8 Å². The normalized spacial score (nSPS) is 14.0. The number of hydrogen-bond donors (Lipinski definition) is 6. The Bertz CT molecular complexity index is 813. The molecule has 0 fully saturated rings. The van der Waals surface area contributed by atoms with Gasteiger partial charge >= 0.3 is 6.09 Å². The first-order valence-corrected chi connectivity index (χ1v) is 10.4. The highest BCUT2D eigenvalue weighted by Crippen LogP contribution is 2.02. The summed E-state index contributed by atoms with van der Waals surface area (Å²) >= 11 is 0. The van der Waals surface area contributed by atoms with Gasteiger partial charge in [0.05, 0.1) is 12.1 Å². The maximum Gasteiger partial charge on any atom is 0.408 e. The van der Waals surface area contributed by atoms with Gasteiger partial charge in [0.25, 0.3) is 0 Å². The van der Waals surface area contributed by atoms with E-state index in [1.54, 1.807) is 24.3 Å². The zero-order chi connectivity index (χ0) is 24.8. The molecule has 0 aliphatic carbocycles. The quantitative estimate of drug-likeness (QED) is 0.0915. The van der Waals surface area contributed by atoms with Gasteiger partial charge in [0, 0.05) is 6.54 Å². The lowest BCUT2D eigenvalue weighted by molar-refractivity contribution is -0.131. The summed E-state index contributed by atoms with van der Waals surface area (Å²) in [6, 6.07) is 5.73. The lowest BCUT2D eigenvalue weighted by Gasteiger charge is -2.23. The van der Waals surface area contributed by atoms with Crippen LogP contribution in [-0.4, -0.2) is 66.0 Å². The number of carbonyl (C=O) groups excluding carboxylic acids is 4. The molecule has 4 atom stereocenters. The fraction of sp³-hybridized carbons (Fsp3) is 0.476. The molecule has 0 aliphatic heterocycles. The number of hydrogen-bond acceptors (Lipinski definition) is 7. The van der Waals surface area contributed by atoms with E-state index in [1.807, 2.05) is 6.07 Å². The summed E-state index contributed by atoms with van der Waals surface area (Å²) in [5, 5.41) is 17.1. The number of alkyl carbamates (subject to hydrolysis) is 1. The molecular formula is C21H32N6O6. The van der Waals surface area contributed by atoms with Crippen LogP contribution < -0.4 is 27.4 Å². The van der Waals surface area contributed by atoms with Crippen LogP contribution >= 0.6 is 0 Å². The number of ether oxygens (including phenoxy) is 1. The number of aldehydes is 1. The predicted molar refractivity (Wildman–Crippen MR) is 121 cm³/mol. The number of aliphatic imine (C=N–C) groups is 1. The third-order valence-corrected chi connectivity index (χ3v) is 4.46. The number of aliphatic hydroxyl groups is 1. The van der Waals surface area contributed by atoms with E-state index in [0.717, 1.165) is 5.56 Å². The van der Waals surface area contributed by atoms with Crippen molar-refractivity contribution in [3.05, 3.63) is 35.9 Å². The van der Waals surface area contributed by atoms with Crippen LogP contribution in [0.2, 0.25) is 0 Å². The number of aliphatic hydroxyl groups excluding tert-OH is 1. The van der Waals surface area contributed by atoms with E-state index in [-0.39, 0.29) is 12.6 Å². The van der Waals surface area contributed by atoms with Crippen molar-refractivity contribution >= 4 is 30.2 Å². The molecule has 33 heavy (non-hydrogen) atoms. The highest BCUT2D eigenvalue weighted by atomic mass is 16.5. The average molecular weight is 465 g/mol. The molecule has 0 heterocycles. The molecular weight excluding hydrogens is 432 g/mol. The van der Waals surface area contributed by atoms with Gasteiger partial charge in [-0.05, 0) is 32.3 Å². The van der Waals surface area contributed by atoms with Crippen LogP contribution in [0.5, 0.6) is 0 Å². The van der Waals surface area contributed by atoms with E-state index in [4.69, 9.17) is 16.2 Å². The number of rotatable bonds is 13. The summed E-state index contributed by atoms with van der Waals surface area (Å²) in [5.74, 6) is -1.47. The smallest absolute Gasteiger partial charge is 0.408 e. The minimum absolute atomic E-state index is 0.0180. The third kappa shape index (κ3) is 11.0. The summed E-state index contributed by atoms with van der Waals surface area (Å²) in [6.07, 6.45) is -0.828. The second kappa shape index (κ2) is 14.4. The molecule has 0 spiro atoms. The maximum atomic E-state index is 12.5. The Morgan fingerprint density at radius 1 is 1.09 bits per heavy atom. The Morgan fingerprint density at radius 3 is 2.33 bits per heavy atom. The highest BCUT2D eigenvalue weighted by molar-refractivity contribution is 5.92. The Kier molecular flexibility index (Phi) is 11.9. The van der Waals surface area contributed by atoms with Crippen LogP contribution in [0.1, 0.15) is 32.3 Å². The first-order valence-electron chi connectivity index (χ1n) is 10.4. The molecule has 1 aromatic carbocycles. The summed E-state index contributed by atoms with van der Waals surface area (Å²) in [6.45, 7) is 3.00. The largest absolute Gasteiger partial charge is 0.445 e. The molecule has 3 amide bonds.